The fourth-order valence-corrected chi connectivity index (χ4v) is 3.38. The number of rotatable bonds is 6. The molecule has 6 nitrogen and oxygen atoms in total. The molecular formula is C17H23FN6S. The molecule has 0 atom stereocenters. The van der Waals surface area contributed by atoms with Crippen LogP contribution in [0.2, 0.25) is 0 Å². The van der Waals surface area contributed by atoms with Crippen LogP contribution in [0, 0.1) is 5.82 Å². The van der Waals surface area contributed by atoms with Gasteiger partial charge in [-0.1, -0.05) is 13.0 Å². The van der Waals surface area contributed by atoms with Gasteiger partial charge in [-0.3, -0.25) is 10.3 Å². The summed E-state index contributed by atoms with van der Waals surface area (Å²) in [6.45, 7) is 8.10. The lowest BCUT2D eigenvalue weighted by Crippen LogP contribution is -2.45. The van der Waals surface area contributed by atoms with Gasteiger partial charge in [-0.15, -0.1) is 11.3 Å². The number of benzene rings is 1. The Labute approximate surface area is 151 Å². The summed E-state index contributed by atoms with van der Waals surface area (Å²) in [6.07, 6.45) is 1.70. The minimum atomic E-state index is -0.222. The summed E-state index contributed by atoms with van der Waals surface area (Å²) in [5, 5.41) is 6.58. The average molecular weight is 362 g/mol. The molecule has 0 spiro atoms. The van der Waals surface area contributed by atoms with Crippen molar-refractivity contribution in [2.75, 3.05) is 43.9 Å². The van der Waals surface area contributed by atoms with E-state index in [2.05, 4.69) is 32.2 Å². The number of nitrogens with one attached hydrogen (secondary N) is 1. The summed E-state index contributed by atoms with van der Waals surface area (Å²) in [5.74, 6) is 0.247. The van der Waals surface area contributed by atoms with E-state index in [1.807, 2.05) is 0 Å². The molecule has 0 bridgehead atoms. The van der Waals surface area contributed by atoms with E-state index in [1.54, 1.807) is 23.7 Å². The first-order chi connectivity index (χ1) is 12.1. The lowest BCUT2D eigenvalue weighted by molar-refractivity contribution is 0.132. The van der Waals surface area contributed by atoms with Gasteiger partial charge in [0.05, 0.1) is 6.21 Å². The number of aromatic nitrogens is 1. The molecule has 0 radical (unpaired) electrons. The summed E-state index contributed by atoms with van der Waals surface area (Å²) in [4.78, 5) is 8.86. The smallest absolute Gasteiger partial charge is 0.205 e. The van der Waals surface area contributed by atoms with Crippen LogP contribution in [0.1, 0.15) is 18.1 Å². The number of anilines is 2. The van der Waals surface area contributed by atoms with Crippen LogP contribution in [0.15, 0.2) is 28.7 Å². The van der Waals surface area contributed by atoms with Crippen molar-refractivity contribution in [3.05, 3.63) is 40.5 Å². The maximum atomic E-state index is 13.7. The minimum Gasteiger partial charge on any atom is -0.383 e. The number of nitrogens with zero attached hydrogens (tertiary/aromatic N) is 4. The highest BCUT2D eigenvalue weighted by atomic mass is 32.1. The highest BCUT2D eigenvalue weighted by molar-refractivity contribution is 7.14. The summed E-state index contributed by atoms with van der Waals surface area (Å²) in [6, 6.07) is 4.81. The molecule has 3 N–H and O–H groups in total. The maximum absolute atomic E-state index is 13.7. The van der Waals surface area contributed by atoms with Gasteiger partial charge >= 0.3 is 0 Å². The van der Waals surface area contributed by atoms with Crippen molar-refractivity contribution in [1.82, 2.24) is 14.8 Å². The van der Waals surface area contributed by atoms with Gasteiger partial charge in [0.15, 0.2) is 0 Å². The zero-order valence-electron chi connectivity index (χ0n) is 14.3. The largest absolute Gasteiger partial charge is 0.383 e. The molecule has 3 rings (SSSR count). The Morgan fingerprint density at radius 1 is 1.32 bits per heavy atom. The standard InChI is InChI=1S/C17H23FN6S/c1-2-23-5-7-24(8-6-23)11-14-9-15(18)4-3-13(14)10-20-22-17-21-16(19)12-25-17/h3-4,9-10,12H,2,5-8,11,19H2,1H3,(H,21,22). The second-order valence-electron chi connectivity index (χ2n) is 6.00. The molecule has 1 aromatic carbocycles. The number of hydrazone groups is 1. The number of piperazine rings is 1. The molecule has 1 aliphatic heterocycles. The van der Waals surface area contributed by atoms with Gasteiger partial charge in [0.2, 0.25) is 5.13 Å². The molecule has 25 heavy (non-hydrogen) atoms. The van der Waals surface area contributed by atoms with E-state index in [0.29, 0.717) is 10.9 Å². The fraction of sp³-hybridized carbons (Fsp3) is 0.412. The zero-order valence-corrected chi connectivity index (χ0v) is 15.1. The van der Waals surface area contributed by atoms with Crippen LogP contribution in [0.25, 0.3) is 0 Å². The zero-order chi connectivity index (χ0) is 17.6. The predicted molar refractivity (Wildman–Crippen MR) is 102 cm³/mol. The van der Waals surface area contributed by atoms with Crippen LogP contribution in [0.5, 0.6) is 0 Å². The fourth-order valence-electron chi connectivity index (χ4n) is 2.84. The lowest BCUT2D eigenvalue weighted by Gasteiger charge is -2.34. The predicted octanol–water partition coefficient (Wildman–Crippen LogP) is 2.45. The third kappa shape index (κ3) is 4.97. The van der Waals surface area contributed by atoms with Crippen molar-refractivity contribution in [2.45, 2.75) is 13.5 Å². The normalized spacial score (nSPS) is 16.6. The van der Waals surface area contributed by atoms with Crippen LogP contribution < -0.4 is 11.2 Å². The van der Waals surface area contributed by atoms with Crippen LogP contribution in [-0.4, -0.2) is 53.7 Å². The Morgan fingerprint density at radius 2 is 2.08 bits per heavy atom. The molecule has 2 heterocycles. The van der Waals surface area contributed by atoms with E-state index in [4.69, 9.17) is 5.73 Å². The first-order valence-electron chi connectivity index (χ1n) is 8.37. The van der Waals surface area contributed by atoms with Crippen molar-refractivity contribution in [1.29, 1.82) is 0 Å². The third-order valence-corrected chi connectivity index (χ3v) is 5.06. The first-order valence-corrected chi connectivity index (χ1v) is 9.25. The first kappa shape index (κ1) is 17.8. The highest BCUT2D eigenvalue weighted by Crippen LogP contribution is 2.17. The number of halogens is 1. The van der Waals surface area contributed by atoms with Crippen LogP contribution in [0.4, 0.5) is 15.3 Å². The Balaban J connectivity index is 1.65. The number of nitrogens with two attached hydrogens (primary N) is 1. The SMILES string of the molecule is CCN1CCN(Cc2cc(F)ccc2C=NNc2nc(N)cs2)CC1. The summed E-state index contributed by atoms with van der Waals surface area (Å²) in [7, 11) is 0. The Hall–Kier alpha value is -2.03. The van der Waals surface area contributed by atoms with Crippen molar-refractivity contribution in [2.24, 2.45) is 5.10 Å². The molecule has 8 heteroatoms. The van der Waals surface area contributed by atoms with E-state index in [0.717, 1.165) is 50.4 Å². The van der Waals surface area contributed by atoms with Gasteiger partial charge in [0.1, 0.15) is 11.6 Å². The van der Waals surface area contributed by atoms with E-state index >= 15 is 0 Å². The van der Waals surface area contributed by atoms with Crippen LogP contribution >= 0.6 is 11.3 Å². The molecule has 1 fully saturated rings. The minimum absolute atomic E-state index is 0.222. The molecule has 0 unspecified atom stereocenters. The number of likely N-dealkylation sites (N-methyl/N-ethyl adjacent to an activating group) is 1. The lowest BCUT2D eigenvalue weighted by atomic mass is 10.1. The number of hydrogen-bond acceptors (Lipinski definition) is 7. The molecule has 0 aliphatic carbocycles. The monoisotopic (exact) mass is 362 g/mol. The highest BCUT2D eigenvalue weighted by Gasteiger charge is 2.16. The van der Waals surface area contributed by atoms with Crippen LogP contribution in [0.3, 0.4) is 0 Å². The van der Waals surface area contributed by atoms with E-state index in [1.165, 1.54) is 17.4 Å². The van der Waals surface area contributed by atoms with E-state index in [-0.39, 0.29) is 5.82 Å². The number of nitrogen functional groups attached to an aromatic ring is 1. The van der Waals surface area contributed by atoms with E-state index in [9.17, 15) is 4.39 Å². The molecule has 1 aliphatic rings. The average Bonchev–Trinajstić information content (AvgIpc) is 3.03. The quantitative estimate of drug-likeness (QED) is 0.610. The molecule has 0 saturated carbocycles. The third-order valence-electron chi connectivity index (χ3n) is 4.30. The summed E-state index contributed by atoms with van der Waals surface area (Å²) < 4.78 is 13.7. The molecule has 1 saturated heterocycles. The number of thiazole rings is 1. The van der Waals surface area contributed by atoms with Crippen molar-refractivity contribution in [3.63, 3.8) is 0 Å². The Kier molecular flexibility index (Phi) is 5.95. The van der Waals surface area contributed by atoms with Gasteiger partial charge in [-0.05, 0) is 29.8 Å². The molecule has 2 aromatic rings. The Bertz CT molecular complexity index is 724. The topological polar surface area (TPSA) is 69.8 Å². The molecular weight excluding hydrogens is 339 g/mol. The number of hydrogen-bond donors (Lipinski definition) is 2. The molecule has 1 aromatic heterocycles. The second kappa shape index (κ2) is 8.37. The summed E-state index contributed by atoms with van der Waals surface area (Å²) >= 11 is 1.39. The van der Waals surface area contributed by atoms with E-state index < -0.39 is 0 Å². The van der Waals surface area contributed by atoms with Gasteiger partial charge in [-0.2, -0.15) is 5.10 Å². The molecule has 134 valence electrons. The van der Waals surface area contributed by atoms with Crippen molar-refractivity contribution < 1.29 is 4.39 Å². The molecule has 0 amide bonds. The maximum Gasteiger partial charge on any atom is 0.205 e. The van der Waals surface area contributed by atoms with Gasteiger partial charge in [-0.25, -0.2) is 9.37 Å². The van der Waals surface area contributed by atoms with Crippen LogP contribution in [-0.2, 0) is 6.54 Å². The second-order valence-corrected chi connectivity index (χ2v) is 6.86. The van der Waals surface area contributed by atoms with Crippen molar-refractivity contribution >= 4 is 28.5 Å². The van der Waals surface area contributed by atoms with Gasteiger partial charge < -0.3 is 10.6 Å². The van der Waals surface area contributed by atoms with Gasteiger partial charge in [0.25, 0.3) is 0 Å². The Morgan fingerprint density at radius 3 is 2.76 bits per heavy atom. The summed E-state index contributed by atoms with van der Waals surface area (Å²) in [5.41, 5.74) is 10.3. The van der Waals surface area contributed by atoms with Gasteiger partial charge in [0, 0.05) is 38.1 Å². The van der Waals surface area contributed by atoms with Crippen molar-refractivity contribution in [3.8, 4) is 0 Å².